The van der Waals surface area contributed by atoms with Gasteiger partial charge in [-0.05, 0) is 32.4 Å². The van der Waals surface area contributed by atoms with Gasteiger partial charge in [-0.15, -0.1) is 0 Å². The van der Waals surface area contributed by atoms with E-state index >= 15 is 0 Å². The van der Waals surface area contributed by atoms with Crippen LogP contribution in [0.4, 0.5) is 0 Å². The number of hydrogen-bond acceptors (Lipinski definition) is 4. The highest BCUT2D eigenvalue weighted by atomic mass is 16.6. The van der Waals surface area contributed by atoms with Gasteiger partial charge in [0.15, 0.2) is 0 Å². The maximum Gasteiger partial charge on any atom is 0.128 e. The van der Waals surface area contributed by atoms with Gasteiger partial charge in [-0.2, -0.15) is 0 Å². The molecule has 0 bridgehead atoms. The highest BCUT2D eigenvalue weighted by Crippen LogP contribution is 2.40. The van der Waals surface area contributed by atoms with Gasteiger partial charge in [0.1, 0.15) is 17.6 Å². The Hall–Kier alpha value is -1.26. The molecular weight excluding hydrogens is 266 g/mol. The fraction of sp³-hybridized carbons (Fsp3) is 0.647. The van der Waals surface area contributed by atoms with Crippen molar-refractivity contribution >= 4 is 0 Å². The van der Waals surface area contributed by atoms with Crippen LogP contribution in [0.5, 0.6) is 11.5 Å². The van der Waals surface area contributed by atoms with Crippen molar-refractivity contribution in [3.8, 4) is 11.5 Å². The highest BCUT2D eigenvalue weighted by molar-refractivity contribution is 5.44. The summed E-state index contributed by atoms with van der Waals surface area (Å²) in [4.78, 5) is 0. The molecule has 1 aromatic carbocycles. The summed E-state index contributed by atoms with van der Waals surface area (Å²) in [5.74, 6) is 1.77. The lowest BCUT2D eigenvalue weighted by Crippen LogP contribution is -2.40. The Balaban J connectivity index is 1.84. The van der Waals surface area contributed by atoms with Gasteiger partial charge in [0.2, 0.25) is 0 Å². The first-order valence-corrected chi connectivity index (χ1v) is 7.94. The zero-order chi connectivity index (χ0) is 14.8. The molecule has 116 valence electrons. The van der Waals surface area contributed by atoms with E-state index in [1.165, 1.54) is 5.56 Å². The molecule has 0 amide bonds. The van der Waals surface area contributed by atoms with Crippen LogP contribution in [-0.2, 0) is 4.74 Å². The molecule has 1 saturated heterocycles. The van der Waals surface area contributed by atoms with Crippen molar-refractivity contribution in [1.29, 1.82) is 0 Å². The highest BCUT2D eigenvalue weighted by Gasteiger charge is 2.37. The third kappa shape index (κ3) is 3.01. The average molecular weight is 291 g/mol. The maximum absolute atomic E-state index is 6.24. The lowest BCUT2D eigenvalue weighted by Gasteiger charge is -2.35. The molecule has 4 heteroatoms. The molecule has 3 rings (SSSR count). The Morgan fingerprint density at radius 3 is 2.81 bits per heavy atom. The number of hydrogen-bond donors (Lipinski definition) is 1. The minimum atomic E-state index is 0.124. The molecule has 0 aliphatic carbocycles. The third-order valence-electron chi connectivity index (χ3n) is 4.47. The Morgan fingerprint density at radius 2 is 2.14 bits per heavy atom. The lowest BCUT2D eigenvalue weighted by atomic mass is 9.93. The summed E-state index contributed by atoms with van der Waals surface area (Å²) in [5, 5.41) is 3.57. The SMILES string of the molecule is CCNC1CC(C2CCC(C)O2)Oc2cc(OC)ccc21. The van der Waals surface area contributed by atoms with Crippen molar-refractivity contribution < 1.29 is 14.2 Å². The predicted octanol–water partition coefficient (Wildman–Crippen LogP) is 3.06. The zero-order valence-electron chi connectivity index (χ0n) is 13.1. The van der Waals surface area contributed by atoms with Crippen LogP contribution in [0.3, 0.4) is 0 Å². The number of rotatable bonds is 4. The van der Waals surface area contributed by atoms with Crippen LogP contribution in [0.15, 0.2) is 18.2 Å². The summed E-state index contributed by atoms with van der Waals surface area (Å²) < 4.78 is 17.6. The Bertz CT molecular complexity index is 491. The summed E-state index contributed by atoms with van der Waals surface area (Å²) in [5.41, 5.74) is 1.22. The second-order valence-corrected chi connectivity index (χ2v) is 5.97. The topological polar surface area (TPSA) is 39.7 Å². The monoisotopic (exact) mass is 291 g/mol. The van der Waals surface area contributed by atoms with Crippen LogP contribution in [-0.4, -0.2) is 32.0 Å². The third-order valence-corrected chi connectivity index (χ3v) is 4.47. The summed E-state index contributed by atoms with van der Waals surface area (Å²) in [7, 11) is 1.69. The first-order chi connectivity index (χ1) is 10.2. The summed E-state index contributed by atoms with van der Waals surface area (Å²) >= 11 is 0. The molecule has 2 aliphatic rings. The minimum absolute atomic E-state index is 0.124. The first kappa shape index (κ1) is 14.7. The van der Waals surface area contributed by atoms with Crippen molar-refractivity contribution in [2.24, 2.45) is 0 Å². The summed E-state index contributed by atoms with van der Waals surface area (Å²) in [6.45, 7) is 5.23. The summed E-state index contributed by atoms with van der Waals surface area (Å²) in [6, 6.07) is 6.43. The number of benzene rings is 1. The standard InChI is InChI=1S/C17H25NO3/c1-4-18-14-10-17(15-8-5-11(2)20-15)21-16-9-12(19-3)6-7-13(14)16/h6-7,9,11,14-15,17-18H,4-5,8,10H2,1-3H3. The van der Waals surface area contributed by atoms with Gasteiger partial charge < -0.3 is 19.5 Å². The van der Waals surface area contributed by atoms with E-state index in [-0.39, 0.29) is 12.2 Å². The molecule has 2 aliphatic heterocycles. The number of fused-ring (bicyclic) bond motifs is 1. The molecule has 21 heavy (non-hydrogen) atoms. The van der Waals surface area contributed by atoms with E-state index in [9.17, 15) is 0 Å². The molecule has 0 radical (unpaired) electrons. The summed E-state index contributed by atoms with van der Waals surface area (Å²) in [6.07, 6.45) is 3.86. The first-order valence-electron chi connectivity index (χ1n) is 7.94. The van der Waals surface area contributed by atoms with E-state index in [4.69, 9.17) is 14.2 Å². The van der Waals surface area contributed by atoms with E-state index in [1.54, 1.807) is 7.11 Å². The molecule has 0 aromatic heterocycles. The fourth-order valence-corrected chi connectivity index (χ4v) is 3.38. The van der Waals surface area contributed by atoms with Crippen molar-refractivity contribution in [1.82, 2.24) is 5.32 Å². The lowest BCUT2D eigenvalue weighted by molar-refractivity contribution is -0.0300. The van der Waals surface area contributed by atoms with E-state index in [1.807, 2.05) is 12.1 Å². The molecule has 1 aromatic rings. The quantitative estimate of drug-likeness (QED) is 0.925. The number of methoxy groups -OCH3 is 1. The van der Waals surface area contributed by atoms with Gasteiger partial charge in [-0.1, -0.05) is 13.0 Å². The molecule has 2 heterocycles. The smallest absolute Gasteiger partial charge is 0.128 e. The Kier molecular flexibility index (Phi) is 4.36. The van der Waals surface area contributed by atoms with Crippen molar-refractivity contribution in [2.75, 3.05) is 13.7 Å². The van der Waals surface area contributed by atoms with Gasteiger partial charge in [-0.25, -0.2) is 0 Å². The van der Waals surface area contributed by atoms with Crippen molar-refractivity contribution in [2.45, 2.75) is 57.5 Å². The Morgan fingerprint density at radius 1 is 1.29 bits per heavy atom. The number of nitrogens with one attached hydrogen (secondary N) is 1. The van der Waals surface area contributed by atoms with E-state index in [2.05, 4.69) is 25.2 Å². The molecule has 1 N–H and O–H groups in total. The molecular formula is C17H25NO3. The largest absolute Gasteiger partial charge is 0.497 e. The minimum Gasteiger partial charge on any atom is -0.497 e. The van der Waals surface area contributed by atoms with Crippen LogP contribution >= 0.6 is 0 Å². The molecule has 4 nitrogen and oxygen atoms in total. The van der Waals surface area contributed by atoms with E-state index in [0.29, 0.717) is 12.1 Å². The van der Waals surface area contributed by atoms with Gasteiger partial charge in [0, 0.05) is 24.1 Å². The molecule has 0 saturated carbocycles. The van der Waals surface area contributed by atoms with E-state index < -0.39 is 0 Å². The van der Waals surface area contributed by atoms with Crippen molar-refractivity contribution in [3.05, 3.63) is 23.8 Å². The Labute approximate surface area is 126 Å². The second-order valence-electron chi connectivity index (χ2n) is 5.97. The van der Waals surface area contributed by atoms with Gasteiger partial charge in [-0.3, -0.25) is 0 Å². The average Bonchev–Trinajstić information content (AvgIpc) is 2.93. The fourth-order valence-electron chi connectivity index (χ4n) is 3.38. The molecule has 0 spiro atoms. The zero-order valence-corrected chi connectivity index (χ0v) is 13.1. The normalized spacial score (nSPS) is 31.6. The van der Waals surface area contributed by atoms with Gasteiger partial charge >= 0.3 is 0 Å². The van der Waals surface area contributed by atoms with Crippen molar-refractivity contribution in [3.63, 3.8) is 0 Å². The van der Waals surface area contributed by atoms with Crippen LogP contribution in [0.2, 0.25) is 0 Å². The van der Waals surface area contributed by atoms with Crippen LogP contribution < -0.4 is 14.8 Å². The van der Waals surface area contributed by atoms with Gasteiger partial charge in [0.25, 0.3) is 0 Å². The molecule has 4 unspecified atom stereocenters. The van der Waals surface area contributed by atoms with Gasteiger partial charge in [0.05, 0.1) is 19.3 Å². The number of ether oxygens (including phenoxy) is 3. The second kappa shape index (κ2) is 6.24. The van der Waals surface area contributed by atoms with Crippen LogP contribution in [0.1, 0.15) is 44.7 Å². The molecule has 1 fully saturated rings. The van der Waals surface area contributed by atoms with Crippen LogP contribution in [0.25, 0.3) is 0 Å². The predicted molar refractivity (Wildman–Crippen MR) is 82.0 cm³/mol. The maximum atomic E-state index is 6.24. The van der Waals surface area contributed by atoms with Crippen LogP contribution in [0, 0.1) is 0 Å². The molecule has 4 atom stereocenters. The van der Waals surface area contributed by atoms with E-state index in [0.717, 1.165) is 37.3 Å².